The van der Waals surface area contributed by atoms with Gasteiger partial charge in [0.15, 0.2) is 0 Å². The van der Waals surface area contributed by atoms with Crippen LogP contribution in [0.5, 0.6) is 0 Å². The first-order valence-electron chi connectivity index (χ1n) is 5.72. The highest BCUT2D eigenvalue weighted by atomic mass is 32.2. The van der Waals surface area contributed by atoms with E-state index >= 15 is 0 Å². The standard InChI is InChI=1S/C11H21N3O3S/c1-11(2,3)10-9(8-13(4)12-10)18(16,17)14(5)6-7-15/h8,15H,6-7H2,1-5H3. The molecule has 1 aromatic rings. The second-order valence-electron chi connectivity index (χ2n) is 5.32. The molecule has 6 nitrogen and oxygen atoms in total. The number of aromatic nitrogens is 2. The molecule has 0 bridgehead atoms. The van der Waals surface area contributed by atoms with Gasteiger partial charge in [0.1, 0.15) is 4.90 Å². The highest BCUT2D eigenvalue weighted by Gasteiger charge is 2.31. The molecule has 1 aromatic heterocycles. The number of sulfonamides is 1. The lowest BCUT2D eigenvalue weighted by molar-refractivity contribution is 0.266. The maximum atomic E-state index is 12.4. The molecule has 0 aliphatic carbocycles. The molecule has 0 unspecified atom stereocenters. The van der Waals surface area contributed by atoms with Gasteiger partial charge in [0, 0.05) is 32.3 Å². The second-order valence-corrected chi connectivity index (χ2v) is 7.33. The quantitative estimate of drug-likeness (QED) is 0.859. The third kappa shape index (κ3) is 2.90. The Morgan fingerprint density at radius 2 is 2.00 bits per heavy atom. The normalized spacial score (nSPS) is 13.3. The Balaban J connectivity index is 3.33. The minimum Gasteiger partial charge on any atom is -0.395 e. The summed E-state index contributed by atoms with van der Waals surface area (Å²) in [5.74, 6) is 0. The van der Waals surface area contributed by atoms with Crippen LogP contribution in [0.4, 0.5) is 0 Å². The number of nitrogens with zero attached hydrogens (tertiary/aromatic N) is 3. The Morgan fingerprint density at radius 3 is 2.44 bits per heavy atom. The zero-order chi connectivity index (χ0) is 14.1. The first kappa shape index (κ1) is 15.1. The van der Waals surface area contributed by atoms with Gasteiger partial charge in [0.25, 0.3) is 0 Å². The molecular weight excluding hydrogens is 254 g/mol. The molecule has 1 heterocycles. The van der Waals surface area contributed by atoms with Gasteiger partial charge in [0.2, 0.25) is 10.0 Å². The van der Waals surface area contributed by atoms with Crippen LogP contribution < -0.4 is 0 Å². The molecule has 0 aliphatic heterocycles. The third-order valence-electron chi connectivity index (χ3n) is 2.61. The highest BCUT2D eigenvalue weighted by Crippen LogP contribution is 2.28. The van der Waals surface area contributed by atoms with E-state index in [4.69, 9.17) is 5.11 Å². The third-order valence-corrected chi connectivity index (χ3v) is 4.47. The molecule has 0 aromatic carbocycles. The summed E-state index contributed by atoms with van der Waals surface area (Å²) < 4.78 is 27.4. The van der Waals surface area contributed by atoms with E-state index in [0.717, 1.165) is 4.31 Å². The van der Waals surface area contributed by atoms with Crippen LogP contribution in [0.1, 0.15) is 26.5 Å². The number of hydrogen-bond acceptors (Lipinski definition) is 4. The molecule has 18 heavy (non-hydrogen) atoms. The fourth-order valence-electron chi connectivity index (χ4n) is 1.60. The summed E-state index contributed by atoms with van der Waals surface area (Å²) in [7, 11) is -0.460. The molecular formula is C11H21N3O3S. The van der Waals surface area contributed by atoms with E-state index in [9.17, 15) is 8.42 Å². The van der Waals surface area contributed by atoms with Crippen LogP contribution in [0, 0.1) is 0 Å². The van der Waals surface area contributed by atoms with Crippen LogP contribution in [-0.2, 0) is 22.5 Å². The summed E-state index contributed by atoms with van der Waals surface area (Å²) in [5.41, 5.74) is 0.179. The summed E-state index contributed by atoms with van der Waals surface area (Å²) in [6, 6.07) is 0. The van der Waals surface area contributed by atoms with Gasteiger partial charge in [-0.2, -0.15) is 9.40 Å². The highest BCUT2D eigenvalue weighted by molar-refractivity contribution is 7.89. The van der Waals surface area contributed by atoms with Crippen LogP contribution in [-0.4, -0.2) is 47.8 Å². The molecule has 0 radical (unpaired) electrons. The predicted octanol–water partition coefficient (Wildman–Crippen LogP) is 0.330. The van der Waals surface area contributed by atoms with Gasteiger partial charge in [-0.25, -0.2) is 8.42 Å². The van der Waals surface area contributed by atoms with Crippen LogP contribution >= 0.6 is 0 Å². The number of aliphatic hydroxyl groups is 1. The number of likely N-dealkylation sites (N-methyl/N-ethyl adjacent to an activating group) is 1. The fourth-order valence-corrected chi connectivity index (χ4v) is 3.14. The average Bonchev–Trinajstić information content (AvgIpc) is 2.60. The van der Waals surface area contributed by atoms with Gasteiger partial charge in [0.05, 0.1) is 12.3 Å². The Bertz CT molecular complexity index is 514. The van der Waals surface area contributed by atoms with Crippen molar-refractivity contribution in [3.63, 3.8) is 0 Å². The minimum absolute atomic E-state index is 0.0702. The maximum Gasteiger partial charge on any atom is 0.246 e. The topological polar surface area (TPSA) is 75.4 Å². The van der Waals surface area contributed by atoms with E-state index in [2.05, 4.69) is 5.10 Å². The van der Waals surface area contributed by atoms with E-state index in [-0.39, 0.29) is 23.5 Å². The second kappa shape index (κ2) is 4.99. The monoisotopic (exact) mass is 275 g/mol. The van der Waals surface area contributed by atoms with Gasteiger partial charge in [-0.1, -0.05) is 20.8 Å². The van der Waals surface area contributed by atoms with Crippen LogP contribution in [0.3, 0.4) is 0 Å². The summed E-state index contributed by atoms with van der Waals surface area (Å²) in [6.07, 6.45) is 1.50. The van der Waals surface area contributed by atoms with Crippen molar-refractivity contribution in [1.29, 1.82) is 0 Å². The zero-order valence-corrected chi connectivity index (χ0v) is 12.3. The van der Waals surface area contributed by atoms with Gasteiger partial charge in [-0.15, -0.1) is 0 Å². The predicted molar refractivity (Wildman–Crippen MR) is 68.8 cm³/mol. The van der Waals surface area contributed by atoms with Crippen molar-refractivity contribution in [2.24, 2.45) is 7.05 Å². The lowest BCUT2D eigenvalue weighted by atomic mass is 9.92. The molecule has 0 saturated carbocycles. The van der Waals surface area contributed by atoms with E-state index in [1.165, 1.54) is 17.9 Å². The van der Waals surface area contributed by atoms with Gasteiger partial charge in [-0.3, -0.25) is 4.68 Å². The molecule has 0 amide bonds. The molecule has 0 atom stereocenters. The average molecular weight is 275 g/mol. The van der Waals surface area contributed by atoms with Crippen molar-refractivity contribution >= 4 is 10.0 Å². The first-order chi connectivity index (χ1) is 8.10. The number of aliphatic hydroxyl groups excluding tert-OH is 1. The van der Waals surface area contributed by atoms with Crippen molar-refractivity contribution in [2.75, 3.05) is 20.2 Å². The van der Waals surface area contributed by atoms with E-state index < -0.39 is 10.0 Å². The molecule has 0 fully saturated rings. The summed E-state index contributed by atoms with van der Waals surface area (Å²) in [6.45, 7) is 5.61. The molecule has 0 aliphatic rings. The molecule has 0 spiro atoms. The van der Waals surface area contributed by atoms with Crippen LogP contribution in [0.25, 0.3) is 0 Å². The van der Waals surface area contributed by atoms with Gasteiger partial charge < -0.3 is 5.11 Å². The van der Waals surface area contributed by atoms with Crippen molar-refractivity contribution in [3.05, 3.63) is 11.9 Å². The summed E-state index contributed by atoms with van der Waals surface area (Å²) >= 11 is 0. The molecule has 7 heteroatoms. The summed E-state index contributed by atoms with van der Waals surface area (Å²) in [4.78, 5) is 0.202. The lowest BCUT2D eigenvalue weighted by Crippen LogP contribution is -2.31. The smallest absolute Gasteiger partial charge is 0.246 e. The SMILES string of the molecule is CN(CCO)S(=O)(=O)c1cn(C)nc1C(C)(C)C. The van der Waals surface area contributed by atoms with Crippen molar-refractivity contribution in [2.45, 2.75) is 31.1 Å². The number of aryl methyl sites for hydroxylation is 1. The molecule has 0 saturated heterocycles. The molecule has 1 rings (SSSR count). The largest absolute Gasteiger partial charge is 0.395 e. The van der Waals surface area contributed by atoms with Crippen molar-refractivity contribution in [3.8, 4) is 0 Å². The fraction of sp³-hybridized carbons (Fsp3) is 0.727. The van der Waals surface area contributed by atoms with Gasteiger partial charge in [-0.05, 0) is 0 Å². The van der Waals surface area contributed by atoms with Crippen molar-refractivity contribution in [1.82, 2.24) is 14.1 Å². The van der Waals surface area contributed by atoms with E-state index in [0.29, 0.717) is 5.69 Å². The lowest BCUT2D eigenvalue weighted by Gasteiger charge is -2.20. The Kier molecular flexibility index (Phi) is 4.19. The minimum atomic E-state index is -3.60. The Hall–Kier alpha value is -0.920. The van der Waals surface area contributed by atoms with Crippen LogP contribution in [0.2, 0.25) is 0 Å². The zero-order valence-electron chi connectivity index (χ0n) is 11.5. The van der Waals surface area contributed by atoms with E-state index in [1.54, 1.807) is 7.05 Å². The molecule has 104 valence electrons. The first-order valence-corrected chi connectivity index (χ1v) is 7.16. The molecule has 1 N–H and O–H groups in total. The Labute approximate surface area is 108 Å². The maximum absolute atomic E-state index is 12.4. The number of hydrogen-bond donors (Lipinski definition) is 1. The van der Waals surface area contributed by atoms with E-state index in [1.807, 2.05) is 20.8 Å². The summed E-state index contributed by atoms with van der Waals surface area (Å²) in [5, 5.41) is 13.1. The van der Waals surface area contributed by atoms with Gasteiger partial charge >= 0.3 is 0 Å². The number of rotatable bonds is 4. The Morgan fingerprint density at radius 1 is 1.44 bits per heavy atom. The van der Waals surface area contributed by atoms with Crippen LogP contribution in [0.15, 0.2) is 11.1 Å². The van der Waals surface area contributed by atoms with Crippen molar-refractivity contribution < 1.29 is 13.5 Å².